The maximum Gasteiger partial charge on any atom is 0.147 e. The van der Waals surface area contributed by atoms with Gasteiger partial charge in [-0.05, 0) is 34.7 Å². The normalized spacial score (nSPS) is 10.2. The Bertz CT molecular complexity index is 275. The van der Waals surface area contributed by atoms with Gasteiger partial charge in [-0.15, -0.1) is 11.6 Å². The lowest BCUT2D eigenvalue weighted by Gasteiger charge is -2.02. The number of alkyl halides is 1. The van der Waals surface area contributed by atoms with Crippen molar-refractivity contribution in [3.8, 4) is 0 Å². The third kappa shape index (κ3) is 1.98. The monoisotopic (exact) mass is 304 g/mol. The Balaban J connectivity index is 3.29. The Morgan fingerprint density at radius 1 is 1.45 bits per heavy atom. The topological polar surface area (TPSA) is 0 Å². The molecule has 0 fully saturated rings. The van der Waals surface area contributed by atoms with Gasteiger partial charge in [0, 0.05) is 9.13 Å². The number of halogens is 4. The van der Waals surface area contributed by atoms with Crippen LogP contribution in [0.2, 0.25) is 5.02 Å². The largest absolute Gasteiger partial charge is 0.205 e. The van der Waals surface area contributed by atoms with Crippen molar-refractivity contribution in [2.24, 2.45) is 0 Å². The second kappa shape index (κ2) is 3.92. The third-order valence-electron chi connectivity index (χ3n) is 1.27. The van der Waals surface area contributed by atoms with Gasteiger partial charge in [0.25, 0.3) is 0 Å². The van der Waals surface area contributed by atoms with Crippen LogP contribution in [-0.4, -0.2) is 0 Å². The zero-order chi connectivity index (χ0) is 8.43. The van der Waals surface area contributed by atoms with Crippen LogP contribution in [-0.2, 0) is 5.88 Å². The fraction of sp³-hybridized carbons (Fsp3) is 0.143. The van der Waals surface area contributed by atoms with Crippen molar-refractivity contribution in [3.05, 3.63) is 32.1 Å². The van der Waals surface area contributed by atoms with Crippen molar-refractivity contribution in [2.75, 3.05) is 0 Å². The van der Waals surface area contributed by atoms with Crippen LogP contribution in [0.4, 0.5) is 4.39 Å². The van der Waals surface area contributed by atoms with Crippen LogP contribution in [0.5, 0.6) is 0 Å². The Hall–Kier alpha value is 0.460. The van der Waals surface area contributed by atoms with Gasteiger partial charge in [0.05, 0.1) is 10.9 Å². The minimum absolute atomic E-state index is 0.126. The van der Waals surface area contributed by atoms with Gasteiger partial charge in [-0.2, -0.15) is 0 Å². The quantitative estimate of drug-likeness (QED) is 0.420. The maximum atomic E-state index is 13.0. The highest BCUT2D eigenvalue weighted by Crippen LogP contribution is 2.24. The SMILES string of the molecule is Fc1c(Cl)ccc(I)c1CCl. The van der Waals surface area contributed by atoms with Gasteiger partial charge in [-0.3, -0.25) is 0 Å². The summed E-state index contributed by atoms with van der Waals surface area (Å²) in [5.41, 5.74) is 0.472. The van der Waals surface area contributed by atoms with Crippen LogP contribution in [0.25, 0.3) is 0 Å². The molecule has 0 unspecified atom stereocenters. The van der Waals surface area contributed by atoms with E-state index in [1.165, 1.54) is 6.07 Å². The summed E-state index contributed by atoms with van der Waals surface area (Å²) in [6.45, 7) is 0. The van der Waals surface area contributed by atoms with E-state index in [1.54, 1.807) is 6.07 Å². The van der Waals surface area contributed by atoms with E-state index in [2.05, 4.69) is 0 Å². The van der Waals surface area contributed by atoms with Crippen LogP contribution in [0.15, 0.2) is 12.1 Å². The molecular weight excluding hydrogens is 301 g/mol. The molecule has 0 heterocycles. The van der Waals surface area contributed by atoms with E-state index >= 15 is 0 Å². The van der Waals surface area contributed by atoms with Gasteiger partial charge >= 0.3 is 0 Å². The summed E-state index contributed by atoms with van der Waals surface area (Å²) < 4.78 is 13.8. The first-order valence-corrected chi connectivity index (χ1v) is 4.84. The highest BCUT2D eigenvalue weighted by atomic mass is 127. The van der Waals surface area contributed by atoms with Crippen molar-refractivity contribution < 1.29 is 4.39 Å². The molecule has 4 heteroatoms. The second-order valence-corrected chi connectivity index (χ2v) is 3.79. The Morgan fingerprint density at radius 2 is 2.09 bits per heavy atom. The summed E-state index contributed by atoms with van der Waals surface area (Å²) in [5.74, 6) is -0.251. The zero-order valence-electron chi connectivity index (χ0n) is 5.37. The molecule has 0 N–H and O–H groups in total. The number of hydrogen-bond donors (Lipinski definition) is 0. The summed E-state index contributed by atoms with van der Waals surface area (Å²) in [4.78, 5) is 0. The van der Waals surface area contributed by atoms with Gasteiger partial charge in [0.2, 0.25) is 0 Å². The maximum absolute atomic E-state index is 13.0. The minimum Gasteiger partial charge on any atom is -0.205 e. The van der Waals surface area contributed by atoms with Gasteiger partial charge in [0.15, 0.2) is 0 Å². The zero-order valence-corrected chi connectivity index (χ0v) is 9.04. The second-order valence-electron chi connectivity index (χ2n) is 1.96. The van der Waals surface area contributed by atoms with Crippen LogP contribution in [0.3, 0.4) is 0 Å². The van der Waals surface area contributed by atoms with Gasteiger partial charge in [0.1, 0.15) is 5.82 Å². The predicted octanol–water partition coefficient (Wildman–Crippen LogP) is 3.82. The molecule has 0 amide bonds. The first-order valence-electron chi connectivity index (χ1n) is 2.85. The van der Waals surface area contributed by atoms with E-state index < -0.39 is 5.82 Å². The van der Waals surface area contributed by atoms with Gasteiger partial charge < -0.3 is 0 Å². The van der Waals surface area contributed by atoms with Crippen LogP contribution < -0.4 is 0 Å². The summed E-state index contributed by atoms with van der Waals surface area (Å²) in [6.07, 6.45) is 0. The molecule has 0 saturated carbocycles. The molecule has 0 aliphatic rings. The number of rotatable bonds is 1. The molecule has 0 nitrogen and oxygen atoms in total. The Kier molecular flexibility index (Phi) is 3.40. The summed E-state index contributed by atoms with van der Waals surface area (Å²) in [5, 5.41) is 0.126. The molecular formula is C7H4Cl2FI. The van der Waals surface area contributed by atoms with Crippen molar-refractivity contribution >= 4 is 45.8 Å². The molecule has 0 atom stereocenters. The van der Waals surface area contributed by atoms with Crippen LogP contribution in [0.1, 0.15) is 5.56 Å². The lowest BCUT2D eigenvalue weighted by Crippen LogP contribution is -1.91. The first-order chi connectivity index (χ1) is 5.16. The van der Waals surface area contributed by atoms with E-state index in [-0.39, 0.29) is 10.9 Å². The van der Waals surface area contributed by atoms with Gasteiger partial charge in [-0.25, -0.2) is 4.39 Å². The van der Waals surface area contributed by atoms with Crippen LogP contribution >= 0.6 is 45.8 Å². The average molecular weight is 305 g/mol. The molecule has 60 valence electrons. The molecule has 1 aromatic rings. The van der Waals surface area contributed by atoms with Crippen LogP contribution in [0, 0.1) is 9.39 Å². The highest BCUT2D eigenvalue weighted by molar-refractivity contribution is 14.1. The molecule has 11 heavy (non-hydrogen) atoms. The fourth-order valence-corrected chi connectivity index (χ4v) is 1.96. The van der Waals surface area contributed by atoms with E-state index in [0.29, 0.717) is 5.56 Å². The predicted molar refractivity (Wildman–Crippen MR) is 53.7 cm³/mol. The molecule has 1 rings (SSSR count). The van der Waals surface area contributed by atoms with E-state index in [4.69, 9.17) is 23.2 Å². The van der Waals surface area contributed by atoms with E-state index in [9.17, 15) is 4.39 Å². The van der Waals surface area contributed by atoms with Crippen molar-refractivity contribution in [2.45, 2.75) is 5.88 Å². The summed E-state index contributed by atoms with van der Waals surface area (Å²) in [7, 11) is 0. The van der Waals surface area contributed by atoms with Crippen molar-refractivity contribution in [1.29, 1.82) is 0 Å². The van der Waals surface area contributed by atoms with Crippen molar-refractivity contribution in [3.63, 3.8) is 0 Å². The molecule has 0 aromatic heterocycles. The Labute approximate surface area is 87.8 Å². The molecule has 0 bridgehead atoms. The lowest BCUT2D eigenvalue weighted by atomic mass is 10.2. The fourth-order valence-electron chi connectivity index (χ4n) is 0.692. The molecule has 1 aromatic carbocycles. The standard InChI is InChI=1S/C7H4Cl2FI/c8-3-4-6(11)2-1-5(9)7(4)10/h1-2H,3H2. The van der Waals surface area contributed by atoms with E-state index in [1.807, 2.05) is 22.6 Å². The highest BCUT2D eigenvalue weighted by Gasteiger charge is 2.08. The van der Waals surface area contributed by atoms with E-state index in [0.717, 1.165) is 3.57 Å². The average Bonchev–Trinajstić information content (AvgIpc) is 1.99. The number of hydrogen-bond acceptors (Lipinski definition) is 0. The molecule has 0 aliphatic heterocycles. The number of benzene rings is 1. The molecule has 0 aliphatic carbocycles. The smallest absolute Gasteiger partial charge is 0.147 e. The first kappa shape index (κ1) is 9.55. The third-order valence-corrected chi connectivity index (χ3v) is 2.84. The summed E-state index contributed by atoms with van der Waals surface area (Å²) in [6, 6.07) is 3.26. The van der Waals surface area contributed by atoms with Gasteiger partial charge in [-0.1, -0.05) is 11.6 Å². The molecule has 0 radical (unpaired) electrons. The summed E-state index contributed by atoms with van der Waals surface area (Å²) >= 11 is 13.1. The molecule has 0 saturated heterocycles. The Morgan fingerprint density at radius 3 is 2.55 bits per heavy atom. The van der Waals surface area contributed by atoms with Crippen molar-refractivity contribution in [1.82, 2.24) is 0 Å². The minimum atomic E-state index is -0.409. The molecule has 0 spiro atoms. The lowest BCUT2D eigenvalue weighted by molar-refractivity contribution is 0.616.